The Labute approximate surface area is 151 Å². The number of nitrogens with one attached hydrogen (secondary N) is 2. The van der Waals surface area contributed by atoms with Crippen molar-refractivity contribution in [1.29, 1.82) is 0 Å². The second kappa shape index (κ2) is 7.58. The van der Waals surface area contributed by atoms with E-state index in [0.717, 1.165) is 16.1 Å². The summed E-state index contributed by atoms with van der Waals surface area (Å²) >= 11 is 2.48. The van der Waals surface area contributed by atoms with Gasteiger partial charge in [0, 0.05) is 17.8 Å². The van der Waals surface area contributed by atoms with Gasteiger partial charge in [-0.2, -0.15) is 0 Å². The first-order chi connectivity index (χ1) is 12.0. The molecule has 0 bridgehead atoms. The Morgan fingerprint density at radius 1 is 1.32 bits per heavy atom. The maximum atomic E-state index is 12.3. The number of hydrogen-bond acceptors (Lipinski definition) is 7. The number of aromatic amines is 1. The average molecular weight is 373 g/mol. The third-order valence-corrected chi connectivity index (χ3v) is 5.11. The maximum absolute atomic E-state index is 12.3. The van der Waals surface area contributed by atoms with Gasteiger partial charge in [0.15, 0.2) is 5.16 Å². The molecule has 0 saturated carbocycles. The molecule has 2 heterocycles. The normalized spacial score (nSPS) is 11.9. The average Bonchev–Trinajstić information content (AvgIpc) is 3.03. The SMILES string of the molecule is Cc1cccc(-c2nnc(NC(=O)C(C)Sc3nccc(=O)[nH]3)s2)c1. The molecule has 0 aliphatic heterocycles. The van der Waals surface area contributed by atoms with Crippen LogP contribution >= 0.6 is 23.1 Å². The summed E-state index contributed by atoms with van der Waals surface area (Å²) in [6.07, 6.45) is 1.41. The summed E-state index contributed by atoms with van der Waals surface area (Å²) in [5, 5.41) is 12.0. The van der Waals surface area contributed by atoms with E-state index in [4.69, 9.17) is 0 Å². The van der Waals surface area contributed by atoms with Crippen LogP contribution < -0.4 is 10.9 Å². The first kappa shape index (κ1) is 17.3. The monoisotopic (exact) mass is 373 g/mol. The van der Waals surface area contributed by atoms with Gasteiger partial charge in [-0.1, -0.05) is 46.9 Å². The van der Waals surface area contributed by atoms with E-state index >= 15 is 0 Å². The number of aryl methyl sites for hydroxylation is 1. The number of benzene rings is 1. The molecule has 2 N–H and O–H groups in total. The standard InChI is InChI=1S/C16H15N5O2S2/c1-9-4-3-5-11(8-9)14-20-21-16(25-14)19-13(23)10(2)24-15-17-7-6-12(22)18-15/h3-8,10H,1-2H3,(H,17,18,22)(H,19,21,23). The lowest BCUT2D eigenvalue weighted by Crippen LogP contribution is -2.23. The highest BCUT2D eigenvalue weighted by Crippen LogP contribution is 2.27. The summed E-state index contributed by atoms with van der Waals surface area (Å²) in [5.41, 5.74) is 1.84. The lowest BCUT2D eigenvalue weighted by Gasteiger charge is -2.08. The van der Waals surface area contributed by atoms with Crippen molar-refractivity contribution >= 4 is 34.1 Å². The molecule has 9 heteroatoms. The predicted octanol–water partition coefficient (Wildman–Crippen LogP) is 2.72. The largest absolute Gasteiger partial charge is 0.301 e. The number of rotatable bonds is 5. The fourth-order valence-electron chi connectivity index (χ4n) is 2.01. The van der Waals surface area contributed by atoms with E-state index in [1.807, 2.05) is 31.2 Å². The van der Waals surface area contributed by atoms with Gasteiger partial charge >= 0.3 is 0 Å². The summed E-state index contributed by atoms with van der Waals surface area (Å²) in [5.74, 6) is -0.233. The lowest BCUT2D eigenvalue weighted by atomic mass is 10.1. The Morgan fingerprint density at radius 3 is 2.92 bits per heavy atom. The second-order valence-electron chi connectivity index (χ2n) is 5.27. The highest BCUT2D eigenvalue weighted by Gasteiger charge is 2.18. The molecule has 0 aliphatic carbocycles. The molecule has 3 rings (SSSR count). The van der Waals surface area contributed by atoms with E-state index in [1.165, 1.54) is 35.4 Å². The quantitative estimate of drug-likeness (QED) is 0.527. The van der Waals surface area contributed by atoms with Gasteiger partial charge in [-0.05, 0) is 19.9 Å². The Bertz CT molecular complexity index is 953. The smallest absolute Gasteiger partial charge is 0.251 e. The molecule has 0 aliphatic rings. The van der Waals surface area contributed by atoms with E-state index in [-0.39, 0.29) is 11.5 Å². The van der Waals surface area contributed by atoms with Crippen molar-refractivity contribution in [2.24, 2.45) is 0 Å². The molecular formula is C16H15N5O2S2. The highest BCUT2D eigenvalue weighted by molar-refractivity contribution is 8.00. The van der Waals surface area contributed by atoms with Crippen molar-refractivity contribution in [2.75, 3.05) is 5.32 Å². The summed E-state index contributed by atoms with van der Waals surface area (Å²) in [6.45, 7) is 3.74. The van der Waals surface area contributed by atoms with E-state index in [0.29, 0.717) is 10.3 Å². The van der Waals surface area contributed by atoms with Crippen molar-refractivity contribution in [3.63, 3.8) is 0 Å². The van der Waals surface area contributed by atoms with Crippen LogP contribution in [0, 0.1) is 6.92 Å². The van der Waals surface area contributed by atoms with Crippen molar-refractivity contribution in [2.45, 2.75) is 24.3 Å². The molecule has 0 fully saturated rings. The van der Waals surface area contributed by atoms with Crippen LogP contribution in [0.5, 0.6) is 0 Å². The second-order valence-corrected chi connectivity index (χ2v) is 7.58. The van der Waals surface area contributed by atoms with Crippen LogP contribution in [0.2, 0.25) is 0 Å². The number of amides is 1. The number of carbonyl (C=O) groups excluding carboxylic acids is 1. The highest BCUT2D eigenvalue weighted by atomic mass is 32.2. The minimum absolute atomic E-state index is 0.233. The van der Waals surface area contributed by atoms with E-state index in [2.05, 4.69) is 25.5 Å². The van der Waals surface area contributed by atoms with Crippen LogP contribution in [-0.4, -0.2) is 31.3 Å². The maximum Gasteiger partial charge on any atom is 0.251 e. The molecule has 3 aromatic rings. The zero-order valence-corrected chi connectivity index (χ0v) is 15.1. The molecule has 0 radical (unpaired) electrons. The van der Waals surface area contributed by atoms with Gasteiger partial charge < -0.3 is 4.98 Å². The first-order valence-corrected chi connectivity index (χ1v) is 9.14. The fourth-order valence-corrected chi connectivity index (χ4v) is 3.53. The molecule has 7 nitrogen and oxygen atoms in total. The zero-order chi connectivity index (χ0) is 17.8. The zero-order valence-electron chi connectivity index (χ0n) is 13.5. The summed E-state index contributed by atoms with van der Waals surface area (Å²) in [4.78, 5) is 30.2. The van der Waals surface area contributed by atoms with Gasteiger partial charge in [-0.15, -0.1) is 10.2 Å². The summed E-state index contributed by atoms with van der Waals surface area (Å²) in [7, 11) is 0. The minimum Gasteiger partial charge on any atom is -0.301 e. The van der Waals surface area contributed by atoms with Crippen LogP contribution in [0.25, 0.3) is 10.6 Å². The Kier molecular flexibility index (Phi) is 5.25. The molecule has 1 aromatic carbocycles. The van der Waals surface area contributed by atoms with Gasteiger partial charge in [0.2, 0.25) is 11.0 Å². The number of anilines is 1. The number of carbonyl (C=O) groups is 1. The van der Waals surface area contributed by atoms with E-state index < -0.39 is 5.25 Å². The topological polar surface area (TPSA) is 101 Å². The Balaban J connectivity index is 1.66. The molecule has 0 spiro atoms. The third-order valence-electron chi connectivity index (χ3n) is 3.23. The van der Waals surface area contributed by atoms with Crippen LogP contribution in [0.15, 0.2) is 46.5 Å². The van der Waals surface area contributed by atoms with E-state index in [1.54, 1.807) is 6.92 Å². The number of H-pyrrole nitrogens is 1. The van der Waals surface area contributed by atoms with Crippen LogP contribution in [-0.2, 0) is 4.79 Å². The van der Waals surface area contributed by atoms with Crippen molar-refractivity contribution in [1.82, 2.24) is 20.2 Å². The van der Waals surface area contributed by atoms with Crippen LogP contribution in [0.4, 0.5) is 5.13 Å². The predicted molar refractivity (Wildman–Crippen MR) is 98.9 cm³/mol. The summed E-state index contributed by atoms with van der Waals surface area (Å²) in [6, 6.07) is 9.25. The lowest BCUT2D eigenvalue weighted by molar-refractivity contribution is -0.115. The molecule has 0 saturated heterocycles. The van der Waals surface area contributed by atoms with Crippen molar-refractivity contribution < 1.29 is 4.79 Å². The Morgan fingerprint density at radius 2 is 2.16 bits per heavy atom. The first-order valence-electron chi connectivity index (χ1n) is 7.44. The molecule has 25 heavy (non-hydrogen) atoms. The molecule has 2 aromatic heterocycles. The van der Waals surface area contributed by atoms with Gasteiger partial charge in [0.05, 0.1) is 5.25 Å². The number of nitrogens with zero attached hydrogens (tertiary/aromatic N) is 3. The summed E-state index contributed by atoms with van der Waals surface area (Å²) < 4.78 is 0. The fraction of sp³-hybridized carbons (Fsp3) is 0.188. The van der Waals surface area contributed by atoms with E-state index in [9.17, 15) is 9.59 Å². The van der Waals surface area contributed by atoms with Crippen LogP contribution in [0.3, 0.4) is 0 Å². The van der Waals surface area contributed by atoms with Gasteiger partial charge in [-0.3, -0.25) is 14.9 Å². The number of aromatic nitrogens is 4. The van der Waals surface area contributed by atoms with Gasteiger partial charge in [0.25, 0.3) is 5.56 Å². The van der Waals surface area contributed by atoms with Crippen LogP contribution in [0.1, 0.15) is 12.5 Å². The molecule has 1 atom stereocenters. The van der Waals surface area contributed by atoms with Gasteiger partial charge in [0.1, 0.15) is 5.01 Å². The molecule has 1 unspecified atom stereocenters. The molecular weight excluding hydrogens is 358 g/mol. The van der Waals surface area contributed by atoms with Crippen molar-refractivity contribution in [3.05, 3.63) is 52.4 Å². The minimum atomic E-state index is -0.447. The Hall–Kier alpha value is -2.52. The van der Waals surface area contributed by atoms with Crippen molar-refractivity contribution in [3.8, 4) is 10.6 Å². The third kappa shape index (κ3) is 4.52. The molecule has 1 amide bonds. The number of thioether (sulfide) groups is 1. The molecule has 128 valence electrons. The number of hydrogen-bond donors (Lipinski definition) is 2. The van der Waals surface area contributed by atoms with Gasteiger partial charge in [-0.25, -0.2) is 4.98 Å².